The normalized spacial score (nSPS) is 18.0. The van der Waals surface area contributed by atoms with Crippen LogP contribution in [0.25, 0.3) is 0 Å². The number of hydrogen-bond donors (Lipinski definition) is 1. The Balaban J connectivity index is 1.53. The average Bonchev–Trinajstić information content (AvgIpc) is 3.02. The standard InChI is InChI=1S/C19H27FN4O/c1-14(2)11-24-18(21-13-22-24)12-23-9-7-16(8-10-23)19(25)15-3-5-17(20)6-4-15/h3-6,13-14,16,19,25H,7-12H2,1-2H3. The van der Waals surface area contributed by atoms with Crippen molar-refractivity contribution >= 4 is 0 Å². The molecule has 1 atom stereocenters. The number of aliphatic hydroxyl groups excluding tert-OH is 1. The van der Waals surface area contributed by atoms with Gasteiger partial charge < -0.3 is 5.11 Å². The molecule has 0 amide bonds. The van der Waals surface area contributed by atoms with E-state index in [1.807, 2.05) is 4.68 Å². The van der Waals surface area contributed by atoms with Crippen LogP contribution in [-0.4, -0.2) is 37.9 Å². The number of rotatable bonds is 6. The van der Waals surface area contributed by atoms with Crippen molar-refractivity contribution in [1.29, 1.82) is 0 Å². The summed E-state index contributed by atoms with van der Waals surface area (Å²) in [5, 5.41) is 14.9. The maximum absolute atomic E-state index is 13.0. The Hall–Kier alpha value is -1.79. The summed E-state index contributed by atoms with van der Waals surface area (Å²) >= 11 is 0. The molecule has 136 valence electrons. The van der Waals surface area contributed by atoms with Crippen LogP contribution in [0, 0.1) is 17.7 Å². The second kappa shape index (κ2) is 8.06. The minimum absolute atomic E-state index is 0.218. The number of nitrogens with zero attached hydrogens (tertiary/aromatic N) is 4. The lowest BCUT2D eigenvalue weighted by molar-refractivity contribution is 0.0555. The van der Waals surface area contributed by atoms with Gasteiger partial charge in [0, 0.05) is 6.54 Å². The molecular weight excluding hydrogens is 319 g/mol. The van der Waals surface area contributed by atoms with E-state index in [1.54, 1.807) is 18.5 Å². The Morgan fingerprint density at radius 3 is 2.52 bits per heavy atom. The van der Waals surface area contributed by atoms with Crippen LogP contribution in [-0.2, 0) is 13.1 Å². The topological polar surface area (TPSA) is 54.2 Å². The Morgan fingerprint density at radius 1 is 1.20 bits per heavy atom. The molecular formula is C19H27FN4O. The molecule has 1 N–H and O–H groups in total. The molecule has 1 saturated heterocycles. The van der Waals surface area contributed by atoms with E-state index < -0.39 is 6.10 Å². The fourth-order valence-corrected chi connectivity index (χ4v) is 3.47. The monoisotopic (exact) mass is 346 g/mol. The van der Waals surface area contributed by atoms with Gasteiger partial charge in [-0.05, 0) is 55.5 Å². The molecule has 2 heterocycles. The molecule has 0 spiro atoms. The maximum atomic E-state index is 13.0. The molecule has 0 aliphatic carbocycles. The minimum Gasteiger partial charge on any atom is -0.388 e. The van der Waals surface area contributed by atoms with E-state index in [0.717, 1.165) is 50.4 Å². The summed E-state index contributed by atoms with van der Waals surface area (Å²) < 4.78 is 15.0. The van der Waals surface area contributed by atoms with Crippen molar-refractivity contribution in [1.82, 2.24) is 19.7 Å². The van der Waals surface area contributed by atoms with Crippen LogP contribution >= 0.6 is 0 Å². The molecule has 1 fully saturated rings. The number of likely N-dealkylation sites (tertiary alicyclic amines) is 1. The lowest BCUT2D eigenvalue weighted by atomic mass is 9.87. The zero-order valence-corrected chi connectivity index (χ0v) is 15.0. The number of hydrogen-bond acceptors (Lipinski definition) is 4. The first-order valence-electron chi connectivity index (χ1n) is 9.05. The summed E-state index contributed by atoms with van der Waals surface area (Å²) in [7, 11) is 0. The highest BCUT2D eigenvalue weighted by Crippen LogP contribution is 2.31. The first-order chi connectivity index (χ1) is 12.0. The van der Waals surface area contributed by atoms with Gasteiger partial charge in [-0.25, -0.2) is 14.1 Å². The van der Waals surface area contributed by atoms with Gasteiger partial charge in [-0.15, -0.1) is 0 Å². The summed E-state index contributed by atoms with van der Waals surface area (Å²) in [5.41, 5.74) is 0.802. The Bertz CT molecular complexity index is 662. The Kier molecular flexibility index (Phi) is 5.81. The van der Waals surface area contributed by atoms with E-state index in [-0.39, 0.29) is 11.7 Å². The zero-order valence-electron chi connectivity index (χ0n) is 15.0. The summed E-state index contributed by atoms with van der Waals surface area (Å²) in [6.45, 7) is 7.89. The summed E-state index contributed by atoms with van der Waals surface area (Å²) in [6.07, 6.45) is 2.96. The molecule has 1 aliphatic rings. The van der Waals surface area contributed by atoms with Crippen LogP contribution in [0.1, 0.15) is 44.2 Å². The van der Waals surface area contributed by atoms with Gasteiger partial charge >= 0.3 is 0 Å². The lowest BCUT2D eigenvalue weighted by Gasteiger charge is -2.34. The minimum atomic E-state index is -0.521. The van der Waals surface area contributed by atoms with E-state index >= 15 is 0 Å². The first kappa shape index (κ1) is 18.0. The lowest BCUT2D eigenvalue weighted by Crippen LogP contribution is -2.36. The first-order valence-corrected chi connectivity index (χ1v) is 9.05. The Labute approximate surface area is 148 Å². The third kappa shape index (κ3) is 4.64. The maximum Gasteiger partial charge on any atom is 0.141 e. The summed E-state index contributed by atoms with van der Waals surface area (Å²) in [4.78, 5) is 6.77. The van der Waals surface area contributed by atoms with Crippen LogP contribution in [0.2, 0.25) is 0 Å². The van der Waals surface area contributed by atoms with Gasteiger partial charge in [0.1, 0.15) is 18.0 Å². The van der Waals surface area contributed by atoms with Crippen molar-refractivity contribution in [3.05, 3.63) is 47.8 Å². The molecule has 5 nitrogen and oxygen atoms in total. The van der Waals surface area contributed by atoms with E-state index in [9.17, 15) is 9.50 Å². The Morgan fingerprint density at radius 2 is 1.88 bits per heavy atom. The number of halogens is 1. The van der Waals surface area contributed by atoms with Crippen molar-refractivity contribution in [2.24, 2.45) is 11.8 Å². The smallest absolute Gasteiger partial charge is 0.141 e. The van der Waals surface area contributed by atoms with Gasteiger partial charge in [0.25, 0.3) is 0 Å². The largest absolute Gasteiger partial charge is 0.388 e. The molecule has 0 bridgehead atoms. The molecule has 0 saturated carbocycles. The molecule has 2 aromatic rings. The molecule has 6 heteroatoms. The van der Waals surface area contributed by atoms with Gasteiger partial charge in [-0.3, -0.25) is 4.90 Å². The van der Waals surface area contributed by atoms with Crippen LogP contribution in [0.4, 0.5) is 4.39 Å². The second-order valence-electron chi connectivity index (χ2n) is 7.36. The molecule has 1 aliphatic heterocycles. The molecule has 25 heavy (non-hydrogen) atoms. The number of piperidine rings is 1. The van der Waals surface area contributed by atoms with E-state index in [4.69, 9.17) is 0 Å². The van der Waals surface area contributed by atoms with E-state index in [2.05, 4.69) is 28.8 Å². The van der Waals surface area contributed by atoms with Gasteiger partial charge in [-0.2, -0.15) is 5.10 Å². The SMILES string of the molecule is CC(C)Cn1ncnc1CN1CCC(C(O)c2ccc(F)cc2)CC1. The van der Waals surface area contributed by atoms with Crippen LogP contribution in [0.5, 0.6) is 0 Å². The highest BCUT2D eigenvalue weighted by atomic mass is 19.1. The summed E-state index contributed by atoms with van der Waals surface area (Å²) in [5.74, 6) is 1.50. The fraction of sp³-hybridized carbons (Fsp3) is 0.579. The van der Waals surface area contributed by atoms with Crippen molar-refractivity contribution in [3.63, 3.8) is 0 Å². The average molecular weight is 346 g/mol. The third-order valence-electron chi connectivity index (χ3n) is 4.89. The van der Waals surface area contributed by atoms with Crippen LogP contribution < -0.4 is 0 Å². The quantitative estimate of drug-likeness (QED) is 0.874. The predicted molar refractivity (Wildman–Crippen MR) is 94.2 cm³/mol. The van der Waals surface area contributed by atoms with Crippen LogP contribution in [0.15, 0.2) is 30.6 Å². The number of benzene rings is 1. The second-order valence-corrected chi connectivity index (χ2v) is 7.36. The zero-order chi connectivity index (χ0) is 17.8. The molecule has 0 radical (unpaired) electrons. The number of aliphatic hydroxyl groups is 1. The molecule has 1 unspecified atom stereocenters. The molecule has 3 rings (SSSR count). The van der Waals surface area contributed by atoms with Crippen molar-refractivity contribution in [2.75, 3.05) is 13.1 Å². The van der Waals surface area contributed by atoms with Crippen molar-refractivity contribution in [3.8, 4) is 0 Å². The van der Waals surface area contributed by atoms with E-state index in [1.165, 1.54) is 12.1 Å². The van der Waals surface area contributed by atoms with Gasteiger partial charge in [-0.1, -0.05) is 26.0 Å². The predicted octanol–water partition coefficient (Wildman–Crippen LogP) is 3.02. The fourth-order valence-electron chi connectivity index (χ4n) is 3.47. The number of aromatic nitrogens is 3. The highest BCUT2D eigenvalue weighted by Gasteiger charge is 2.27. The van der Waals surface area contributed by atoms with Gasteiger partial charge in [0.2, 0.25) is 0 Å². The molecule has 1 aromatic heterocycles. The van der Waals surface area contributed by atoms with Gasteiger partial charge in [0.15, 0.2) is 0 Å². The molecule has 1 aromatic carbocycles. The summed E-state index contributed by atoms with van der Waals surface area (Å²) in [6, 6.07) is 6.19. The third-order valence-corrected chi connectivity index (χ3v) is 4.89. The van der Waals surface area contributed by atoms with E-state index in [0.29, 0.717) is 5.92 Å². The highest BCUT2D eigenvalue weighted by molar-refractivity contribution is 5.19. The van der Waals surface area contributed by atoms with Crippen molar-refractivity contribution < 1.29 is 9.50 Å². The van der Waals surface area contributed by atoms with Gasteiger partial charge in [0.05, 0.1) is 12.6 Å². The van der Waals surface area contributed by atoms with Crippen molar-refractivity contribution in [2.45, 2.75) is 45.9 Å². The van der Waals surface area contributed by atoms with Crippen LogP contribution in [0.3, 0.4) is 0 Å².